The SMILES string of the molecule is CCCCCCCC(=O)[C@@](O)(CC(=O)[O-])C[N+](C)(C)C. The number of carbonyl (C=O) groups excluding carboxylic acids is 2. The molecule has 0 amide bonds. The molecule has 5 heteroatoms. The quantitative estimate of drug-likeness (QED) is 0.443. The lowest BCUT2D eigenvalue weighted by atomic mass is 9.89. The second-order valence-electron chi connectivity index (χ2n) is 6.62. The van der Waals surface area contributed by atoms with Gasteiger partial charge >= 0.3 is 0 Å². The van der Waals surface area contributed by atoms with Gasteiger partial charge in [-0.15, -0.1) is 0 Å². The maximum atomic E-state index is 12.2. The molecule has 0 spiro atoms. The molecule has 0 radical (unpaired) electrons. The highest BCUT2D eigenvalue weighted by Crippen LogP contribution is 2.19. The van der Waals surface area contributed by atoms with Crippen molar-refractivity contribution in [2.45, 2.75) is 57.5 Å². The summed E-state index contributed by atoms with van der Waals surface area (Å²) in [6.07, 6.45) is 4.57. The summed E-state index contributed by atoms with van der Waals surface area (Å²) < 4.78 is 0.325. The minimum Gasteiger partial charge on any atom is -0.550 e. The lowest BCUT2D eigenvalue weighted by molar-refractivity contribution is -0.875. The van der Waals surface area contributed by atoms with Crippen molar-refractivity contribution in [3.8, 4) is 0 Å². The highest BCUT2D eigenvalue weighted by Gasteiger charge is 2.40. The summed E-state index contributed by atoms with van der Waals surface area (Å²) in [5, 5.41) is 21.2. The minimum absolute atomic E-state index is 0.0781. The van der Waals surface area contributed by atoms with E-state index in [1.165, 1.54) is 0 Å². The van der Waals surface area contributed by atoms with Crippen LogP contribution in [-0.4, -0.2) is 54.6 Å². The summed E-state index contributed by atoms with van der Waals surface area (Å²) >= 11 is 0. The number of hydrogen-bond donors (Lipinski definition) is 1. The molecule has 0 bridgehead atoms. The van der Waals surface area contributed by atoms with Crippen molar-refractivity contribution >= 4 is 11.8 Å². The zero-order valence-electron chi connectivity index (χ0n) is 13.3. The predicted octanol–water partition coefficient (Wildman–Crippen LogP) is 0.493. The molecule has 0 aromatic carbocycles. The molecule has 118 valence electrons. The average molecular weight is 287 g/mol. The first-order chi connectivity index (χ1) is 9.10. The molecule has 0 aromatic rings. The third-order valence-electron chi connectivity index (χ3n) is 3.20. The van der Waals surface area contributed by atoms with Gasteiger partial charge in [0.05, 0.1) is 21.1 Å². The van der Waals surface area contributed by atoms with Crippen molar-refractivity contribution in [2.75, 3.05) is 27.7 Å². The molecular formula is C15H29NO4. The Balaban J connectivity index is 4.53. The molecule has 0 aromatic heterocycles. The van der Waals surface area contributed by atoms with Crippen LogP contribution in [0.25, 0.3) is 0 Å². The monoisotopic (exact) mass is 287 g/mol. The standard InChI is InChI=1S/C15H29NO4/c1-5-6-7-8-9-10-13(17)15(20,11-14(18)19)12-16(2,3)4/h20H,5-12H2,1-4H3/t15-/m1/s1. The summed E-state index contributed by atoms with van der Waals surface area (Å²) in [6.45, 7) is 2.19. The first kappa shape index (κ1) is 19.1. The van der Waals surface area contributed by atoms with Crippen LogP contribution < -0.4 is 5.11 Å². The second-order valence-corrected chi connectivity index (χ2v) is 6.62. The molecule has 1 atom stereocenters. The molecule has 0 rings (SSSR count). The molecule has 0 unspecified atom stereocenters. The van der Waals surface area contributed by atoms with Gasteiger partial charge < -0.3 is 19.5 Å². The number of likely N-dealkylation sites (N-methyl/N-ethyl adjacent to an activating group) is 1. The lowest BCUT2D eigenvalue weighted by Gasteiger charge is -2.34. The topological polar surface area (TPSA) is 77.4 Å². The van der Waals surface area contributed by atoms with Crippen LogP contribution in [0.1, 0.15) is 51.9 Å². The highest BCUT2D eigenvalue weighted by molar-refractivity contribution is 5.90. The van der Waals surface area contributed by atoms with Gasteiger partial charge in [0.1, 0.15) is 6.54 Å². The maximum Gasteiger partial charge on any atom is 0.177 e. The zero-order valence-corrected chi connectivity index (χ0v) is 13.3. The molecule has 0 saturated carbocycles. The van der Waals surface area contributed by atoms with Crippen LogP contribution in [0.3, 0.4) is 0 Å². The molecular weight excluding hydrogens is 258 g/mol. The van der Waals surface area contributed by atoms with Gasteiger partial charge in [-0.1, -0.05) is 32.6 Å². The molecule has 1 N–H and O–H groups in total. The number of carbonyl (C=O) groups is 2. The Labute approximate surface area is 122 Å². The number of carboxylic acid groups (broad SMARTS) is 1. The summed E-state index contributed by atoms with van der Waals surface area (Å²) in [4.78, 5) is 22.9. The largest absolute Gasteiger partial charge is 0.550 e. The second kappa shape index (κ2) is 8.37. The van der Waals surface area contributed by atoms with Gasteiger partial charge in [-0.3, -0.25) is 4.79 Å². The normalized spacial score (nSPS) is 14.8. The van der Waals surface area contributed by atoms with Gasteiger partial charge in [-0.2, -0.15) is 0 Å². The number of nitrogens with zero attached hydrogens (tertiary/aromatic N) is 1. The number of Topliss-reactive ketones (excluding diaryl/α,β-unsaturated/α-hetero) is 1. The van der Waals surface area contributed by atoms with E-state index in [0.717, 1.165) is 25.7 Å². The smallest absolute Gasteiger partial charge is 0.177 e. The van der Waals surface area contributed by atoms with Crippen molar-refractivity contribution in [2.24, 2.45) is 0 Å². The van der Waals surface area contributed by atoms with E-state index in [2.05, 4.69) is 6.92 Å². The van der Waals surface area contributed by atoms with Crippen molar-refractivity contribution in [1.82, 2.24) is 0 Å². The molecule has 0 aliphatic carbocycles. The van der Waals surface area contributed by atoms with Gasteiger partial charge in [0.15, 0.2) is 11.4 Å². The third kappa shape index (κ3) is 8.27. The number of aliphatic carboxylic acids is 1. The van der Waals surface area contributed by atoms with E-state index in [1.54, 1.807) is 0 Å². The number of quaternary nitrogens is 1. The Kier molecular flexibility index (Phi) is 7.98. The molecule has 0 aliphatic heterocycles. The first-order valence-electron chi connectivity index (χ1n) is 7.37. The van der Waals surface area contributed by atoms with Crippen LogP contribution in [0.15, 0.2) is 0 Å². The van der Waals surface area contributed by atoms with Gasteiger partial charge in [-0.25, -0.2) is 0 Å². The Morgan fingerprint density at radius 1 is 1.10 bits per heavy atom. The maximum absolute atomic E-state index is 12.2. The fourth-order valence-electron chi connectivity index (χ4n) is 2.39. The predicted molar refractivity (Wildman–Crippen MR) is 75.9 cm³/mol. The van der Waals surface area contributed by atoms with Crippen LogP contribution in [0, 0.1) is 0 Å². The number of hydrogen-bond acceptors (Lipinski definition) is 4. The Morgan fingerprint density at radius 3 is 2.10 bits per heavy atom. The van der Waals surface area contributed by atoms with E-state index in [-0.39, 0.29) is 18.7 Å². The Morgan fingerprint density at radius 2 is 1.65 bits per heavy atom. The number of carboxylic acids is 1. The van der Waals surface area contributed by atoms with E-state index in [9.17, 15) is 19.8 Å². The Bertz CT molecular complexity index is 322. The van der Waals surface area contributed by atoms with Crippen molar-refractivity contribution in [1.29, 1.82) is 0 Å². The van der Waals surface area contributed by atoms with E-state index in [1.807, 2.05) is 21.1 Å². The van der Waals surface area contributed by atoms with Crippen LogP contribution in [0.2, 0.25) is 0 Å². The minimum atomic E-state index is -1.82. The number of aliphatic hydroxyl groups is 1. The van der Waals surface area contributed by atoms with Crippen molar-refractivity contribution < 1.29 is 24.3 Å². The van der Waals surface area contributed by atoms with E-state index >= 15 is 0 Å². The summed E-state index contributed by atoms with van der Waals surface area (Å²) in [5.41, 5.74) is -1.82. The van der Waals surface area contributed by atoms with Gasteiger partial charge in [0.25, 0.3) is 0 Å². The molecule has 0 aliphatic rings. The zero-order chi connectivity index (χ0) is 15.8. The number of unbranched alkanes of at least 4 members (excludes halogenated alkanes) is 4. The third-order valence-corrected chi connectivity index (χ3v) is 3.20. The fraction of sp³-hybridized carbons (Fsp3) is 0.867. The summed E-state index contributed by atoms with van der Waals surface area (Å²) in [5.74, 6) is -1.77. The van der Waals surface area contributed by atoms with Gasteiger partial charge in [0, 0.05) is 18.8 Å². The molecule has 20 heavy (non-hydrogen) atoms. The van der Waals surface area contributed by atoms with E-state index in [0.29, 0.717) is 10.9 Å². The summed E-state index contributed by atoms with van der Waals surface area (Å²) in [7, 11) is 5.44. The first-order valence-corrected chi connectivity index (χ1v) is 7.37. The van der Waals surface area contributed by atoms with Gasteiger partial charge in [-0.05, 0) is 6.42 Å². The van der Waals surface area contributed by atoms with E-state index in [4.69, 9.17) is 0 Å². The molecule has 0 fully saturated rings. The highest BCUT2D eigenvalue weighted by atomic mass is 16.4. The van der Waals surface area contributed by atoms with Crippen molar-refractivity contribution in [3.63, 3.8) is 0 Å². The molecule has 5 nitrogen and oxygen atoms in total. The number of rotatable bonds is 11. The van der Waals surface area contributed by atoms with E-state index < -0.39 is 18.0 Å². The van der Waals surface area contributed by atoms with Crippen molar-refractivity contribution in [3.05, 3.63) is 0 Å². The molecule has 0 saturated heterocycles. The van der Waals surface area contributed by atoms with Crippen LogP contribution >= 0.6 is 0 Å². The summed E-state index contributed by atoms with van der Waals surface area (Å²) in [6, 6.07) is 0. The average Bonchev–Trinajstić information content (AvgIpc) is 2.24. The lowest BCUT2D eigenvalue weighted by Crippen LogP contribution is -2.56. The van der Waals surface area contributed by atoms with Gasteiger partial charge in [0.2, 0.25) is 0 Å². The number of ketones is 1. The van der Waals surface area contributed by atoms with Crippen LogP contribution in [-0.2, 0) is 9.59 Å². The van der Waals surface area contributed by atoms with Crippen LogP contribution in [0.4, 0.5) is 0 Å². The van der Waals surface area contributed by atoms with Crippen LogP contribution in [0.5, 0.6) is 0 Å². The Hall–Kier alpha value is -0.940. The molecule has 0 heterocycles. The fourth-order valence-corrected chi connectivity index (χ4v) is 2.39.